The summed E-state index contributed by atoms with van der Waals surface area (Å²) in [6, 6.07) is 12.2. The van der Waals surface area contributed by atoms with Gasteiger partial charge in [-0.2, -0.15) is 0 Å². The van der Waals surface area contributed by atoms with Crippen LogP contribution in [0.25, 0.3) is 0 Å². The molecule has 0 spiro atoms. The van der Waals surface area contributed by atoms with Gasteiger partial charge in [-0.3, -0.25) is 14.7 Å². The van der Waals surface area contributed by atoms with E-state index in [-0.39, 0.29) is 5.91 Å². The summed E-state index contributed by atoms with van der Waals surface area (Å²) in [5.41, 5.74) is 2.73. The molecule has 4 nitrogen and oxygen atoms in total. The molecule has 3 rings (SSSR count). The second-order valence-corrected chi connectivity index (χ2v) is 6.20. The molecule has 0 bridgehead atoms. The Morgan fingerprint density at radius 1 is 1.17 bits per heavy atom. The van der Waals surface area contributed by atoms with Gasteiger partial charge in [-0.25, -0.2) is 0 Å². The molecule has 1 N–H and O–H groups in total. The van der Waals surface area contributed by atoms with Crippen molar-refractivity contribution in [3.05, 3.63) is 59.9 Å². The average molecular weight is 309 g/mol. The minimum Gasteiger partial charge on any atom is -0.322 e. The molecule has 1 aliphatic rings. The van der Waals surface area contributed by atoms with Gasteiger partial charge in [0.25, 0.3) is 5.91 Å². The van der Waals surface area contributed by atoms with Crippen LogP contribution in [0.3, 0.4) is 0 Å². The Hall–Kier alpha value is -2.20. The van der Waals surface area contributed by atoms with Crippen LogP contribution < -0.4 is 5.32 Å². The molecule has 23 heavy (non-hydrogen) atoms. The van der Waals surface area contributed by atoms with E-state index in [0.29, 0.717) is 11.6 Å². The maximum Gasteiger partial charge on any atom is 0.255 e. The lowest BCUT2D eigenvalue weighted by molar-refractivity contribution is 0.102. The standard InChI is InChI=1S/C19H23N3O/c1-15-4-2-3-13-22(15)14-16-5-7-18(8-6-16)21-19(23)17-9-11-20-12-10-17/h5-12,15H,2-4,13-14H2,1H3,(H,21,23)/t15-/m1/s1. The molecule has 1 saturated heterocycles. The van der Waals surface area contributed by atoms with Crippen molar-refractivity contribution in [2.75, 3.05) is 11.9 Å². The van der Waals surface area contributed by atoms with Crippen LogP contribution in [-0.2, 0) is 6.54 Å². The highest BCUT2D eigenvalue weighted by molar-refractivity contribution is 6.04. The quantitative estimate of drug-likeness (QED) is 0.936. The minimum atomic E-state index is -0.107. The number of carbonyl (C=O) groups excluding carboxylic acids is 1. The predicted molar refractivity (Wildman–Crippen MR) is 92.4 cm³/mol. The van der Waals surface area contributed by atoms with E-state index >= 15 is 0 Å². The number of anilines is 1. The predicted octanol–water partition coefficient (Wildman–Crippen LogP) is 3.71. The zero-order valence-corrected chi connectivity index (χ0v) is 13.5. The first-order valence-corrected chi connectivity index (χ1v) is 8.27. The molecule has 2 heterocycles. The van der Waals surface area contributed by atoms with E-state index in [0.717, 1.165) is 12.2 Å². The number of benzene rings is 1. The van der Waals surface area contributed by atoms with Crippen LogP contribution in [0.5, 0.6) is 0 Å². The van der Waals surface area contributed by atoms with Crippen LogP contribution in [0, 0.1) is 0 Å². The number of pyridine rings is 1. The molecule has 1 fully saturated rings. The molecule has 1 aromatic heterocycles. The molecule has 1 amide bonds. The van der Waals surface area contributed by atoms with E-state index < -0.39 is 0 Å². The van der Waals surface area contributed by atoms with Crippen LogP contribution in [0.1, 0.15) is 42.1 Å². The number of nitrogens with one attached hydrogen (secondary N) is 1. The van der Waals surface area contributed by atoms with Crippen molar-refractivity contribution >= 4 is 11.6 Å². The normalized spacial score (nSPS) is 18.6. The summed E-state index contributed by atoms with van der Waals surface area (Å²) in [5.74, 6) is -0.107. The van der Waals surface area contributed by atoms with E-state index in [2.05, 4.69) is 34.3 Å². The first-order valence-electron chi connectivity index (χ1n) is 8.27. The number of amides is 1. The van der Waals surface area contributed by atoms with Crippen LogP contribution >= 0.6 is 0 Å². The third kappa shape index (κ3) is 4.17. The van der Waals surface area contributed by atoms with E-state index in [1.165, 1.54) is 31.4 Å². The van der Waals surface area contributed by atoms with Crippen LogP contribution in [0.2, 0.25) is 0 Å². The van der Waals surface area contributed by atoms with Gasteiger partial charge < -0.3 is 5.32 Å². The van der Waals surface area contributed by atoms with Gasteiger partial charge in [0.1, 0.15) is 0 Å². The molecule has 0 radical (unpaired) electrons. The van der Waals surface area contributed by atoms with Crippen molar-refractivity contribution < 1.29 is 4.79 Å². The number of rotatable bonds is 4. The van der Waals surface area contributed by atoms with Gasteiger partial charge in [0.2, 0.25) is 0 Å². The number of likely N-dealkylation sites (tertiary alicyclic amines) is 1. The summed E-state index contributed by atoms with van der Waals surface area (Å²) in [5, 5.41) is 2.92. The van der Waals surface area contributed by atoms with Crippen molar-refractivity contribution in [1.82, 2.24) is 9.88 Å². The number of aromatic nitrogens is 1. The number of hydrogen-bond donors (Lipinski definition) is 1. The van der Waals surface area contributed by atoms with E-state index in [4.69, 9.17) is 0 Å². The Kier molecular flexibility index (Phi) is 5.03. The van der Waals surface area contributed by atoms with Crippen molar-refractivity contribution in [3.8, 4) is 0 Å². The molecule has 1 atom stereocenters. The van der Waals surface area contributed by atoms with Gasteiger partial charge in [0.15, 0.2) is 0 Å². The Morgan fingerprint density at radius 3 is 2.61 bits per heavy atom. The van der Waals surface area contributed by atoms with E-state index in [1.807, 2.05) is 12.1 Å². The fraction of sp³-hybridized carbons (Fsp3) is 0.368. The van der Waals surface area contributed by atoms with E-state index in [1.54, 1.807) is 24.5 Å². The zero-order chi connectivity index (χ0) is 16.1. The molecular weight excluding hydrogens is 286 g/mol. The maximum atomic E-state index is 12.1. The fourth-order valence-corrected chi connectivity index (χ4v) is 3.03. The lowest BCUT2D eigenvalue weighted by atomic mass is 10.0. The van der Waals surface area contributed by atoms with Crippen LogP contribution in [-0.4, -0.2) is 28.4 Å². The highest BCUT2D eigenvalue weighted by atomic mass is 16.1. The highest BCUT2D eigenvalue weighted by Gasteiger charge is 2.17. The Labute approximate surface area is 137 Å². The summed E-state index contributed by atoms with van der Waals surface area (Å²) >= 11 is 0. The van der Waals surface area contributed by atoms with Crippen LogP contribution in [0.4, 0.5) is 5.69 Å². The van der Waals surface area contributed by atoms with Crippen LogP contribution in [0.15, 0.2) is 48.8 Å². The summed E-state index contributed by atoms with van der Waals surface area (Å²) in [7, 11) is 0. The van der Waals surface area contributed by atoms with Gasteiger partial charge in [0.05, 0.1) is 0 Å². The first-order chi connectivity index (χ1) is 11.2. The topological polar surface area (TPSA) is 45.2 Å². The monoisotopic (exact) mass is 309 g/mol. The summed E-state index contributed by atoms with van der Waals surface area (Å²) in [6.07, 6.45) is 7.18. The molecule has 0 aliphatic carbocycles. The minimum absolute atomic E-state index is 0.107. The number of carbonyl (C=O) groups is 1. The van der Waals surface area contributed by atoms with Gasteiger partial charge in [-0.1, -0.05) is 18.6 Å². The Morgan fingerprint density at radius 2 is 1.91 bits per heavy atom. The van der Waals surface area contributed by atoms with Gasteiger partial charge in [-0.05, 0) is 56.1 Å². The van der Waals surface area contributed by atoms with E-state index in [9.17, 15) is 4.79 Å². The molecule has 1 aromatic carbocycles. The lowest BCUT2D eigenvalue weighted by Crippen LogP contribution is -2.36. The largest absolute Gasteiger partial charge is 0.322 e. The molecule has 2 aromatic rings. The van der Waals surface area contributed by atoms with Gasteiger partial charge in [-0.15, -0.1) is 0 Å². The summed E-state index contributed by atoms with van der Waals surface area (Å²) in [6.45, 7) is 4.48. The molecule has 0 saturated carbocycles. The highest BCUT2D eigenvalue weighted by Crippen LogP contribution is 2.20. The Balaban J connectivity index is 1.60. The maximum absolute atomic E-state index is 12.1. The second kappa shape index (κ2) is 7.38. The second-order valence-electron chi connectivity index (χ2n) is 6.20. The first kappa shape index (κ1) is 15.7. The SMILES string of the molecule is C[C@@H]1CCCCN1Cc1ccc(NC(=O)c2ccncc2)cc1. The number of hydrogen-bond acceptors (Lipinski definition) is 3. The van der Waals surface area contributed by atoms with Gasteiger partial charge in [0, 0.05) is 36.2 Å². The van der Waals surface area contributed by atoms with Crippen molar-refractivity contribution in [1.29, 1.82) is 0 Å². The fourth-order valence-electron chi connectivity index (χ4n) is 3.03. The molecule has 1 aliphatic heterocycles. The molecular formula is C19H23N3O. The summed E-state index contributed by atoms with van der Waals surface area (Å²) in [4.78, 5) is 18.6. The lowest BCUT2D eigenvalue weighted by Gasteiger charge is -2.33. The Bertz CT molecular complexity index is 639. The zero-order valence-electron chi connectivity index (χ0n) is 13.5. The molecule has 120 valence electrons. The third-order valence-corrected chi connectivity index (χ3v) is 4.48. The van der Waals surface area contributed by atoms with Crippen molar-refractivity contribution in [2.45, 2.75) is 38.8 Å². The number of piperidine rings is 1. The third-order valence-electron chi connectivity index (χ3n) is 4.48. The molecule has 4 heteroatoms. The average Bonchev–Trinajstić information content (AvgIpc) is 2.59. The van der Waals surface area contributed by atoms with Crippen molar-refractivity contribution in [2.24, 2.45) is 0 Å². The summed E-state index contributed by atoms with van der Waals surface area (Å²) < 4.78 is 0. The smallest absolute Gasteiger partial charge is 0.255 e. The number of nitrogens with zero attached hydrogens (tertiary/aromatic N) is 2. The van der Waals surface area contributed by atoms with Crippen molar-refractivity contribution in [3.63, 3.8) is 0 Å². The molecule has 0 unspecified atom stereocenters. The van der Waals surface area contributed by atoms with Gasteiger partial charge >= 0.3 is 0 Å².